The molecule has 0 radical (unpaired) electrons. The first kappa shape index (κ1) is 15.0. The Morgan fingerprint density at radius 1 is 1.10 bits per heavy atom. The smallest absolute Gasteiger partial charge is 0.397 e. The van der Waals surface area contributed by atoms with Gasteiger partial charge < -0.3 is 10.6 Å². The minimum absolute atomic E-state index is 0.201. The molecule has 0 unspecified atom stereocenters. The summed E-state index contributed by atoms with van der Waals surface area (Å²) in [6.45, 7) is 0. The van der Waals surface area contributed by atoms with Crippen LogP contribution >= 0.6 is 0 Å². The number of halogens is 3. The van der Waals surface area contributed by atoms with Crippen molar-refractivity contribution < 1.29 is 13.2 Å². The first-order valence-corrected chi connectivity index (χ1v) is 7.09. The number of nitrogens with zero attached hydrogens (tertiary/aromatic N) is 1. The normalized spacial score (nSPS) is 17.8. The predicted molar refractivity (Wildman–Crippen MR) is 75.7 cm³/mol. The first-order chi connectivity index (χ1) is 9.39. The fraction of sp³-hybridized carbons (Fsp3) is 0.600. The molecule has 0 amide bonds. The van der Waals surface area contributed by atoms with E-state index in [1.54, 1.807) is 0 Å². The highest BCUT2D eigenvalue weighted by atomic mass is 19.4. The summed E-state index contributed by atoms with van der Waals surface area (Å²) in [6, 6.07) is 4.00. The highest BCUT2D eigenvalue weighted by molar-refractivity contribution is 5.68. The van der Waals surface area contributed by atoms with Gasteiger partial charge in [0.05, 0.1) is 16.9 Å². The number of benzene rings is 1. The molecule has 1 saturated carbocycles. The second-order valence-corrected chi connectivity index (χ2v) is 5.53. The van der Waals surface area contributed by atoms with E-state index in [9.17, 15) is 13.2 Å². The summed E-state index contributed by atoms with van der Waals surface area (Å²) < 4.78 is 37.9. The number of hydrogen-bond acceptors (Lipinski definition) is 2. The first-order valence-electron chi connectivity index (χ1n) is 7.09. The van der Waals surface area contributed by atoms with Crippen LogP contribution < -0.4 is 10.6 Å². The van der Waals surface area contributed by atoms with Crippen LogP contribution in [0.2, 0.25) is 0 Å². The van der Waals surface area contributed by atoms with E-state index in [0.717, 1.165) is 25.0 Å². The molecule has 1 aromatic rings. The minimum atomic E-state index is -4.34. The van der Waals surface area contributed by atoms with Gasteiger partial charge in [-0.2, -0.15) is 13.2 Å². The maximum atomic E-state index is 12.6. The second-order valence-electron chi connectivity index (χ2n) is 5.53. The van der Waals surface area contributed by atoms with Crippen LogP contribution in [-0.4, -0.2) is 13.1 Å². The van der Waals surface area contributed by atoms with Gasteiger partial charge in [-0.25, -0.2) is 0 Å². The van der Waals surface area contributed by atoms with Crippen molar-refractivity contribution in [3.05, 3.63) is 23.8 Å². The number of rotatable bonds is 2. The Morgan fingerprint density at radius 3 is 2.20 bits per heavy atom. The van der Waals surface area contributed by atoms with Crippen molar-refractivity contribution in [1.82, 2.24) is 0 Å². The Labute approximate surface area is 117 Å². The van der Waals surface area contributed by atoms with Crippen LogP contribution in [0.3, 0.4) is 0 Å². The van der Waals surface area contributed by atoms with Gasteiger partial charge in [0.25, 0.3) is 0 Å². The van der Waals surface area contributed by atoms with E-state index in [2.05, 4.69) is 0 Å². The topological polar surface area (TPSA) is 29.3 Å². The quantitative estimate of drug-likeness (QED) is 0.643. The maximum Gasteiger partial charge on any atom is 0.416 e. The molecular formula is C15H21F3N2. The fourth-order valence-corrected chi connectivity index (χ4v) is 2.89. The van der Waals surface area contributed by atoms with Crippen LogP contribution in [0.1, 0.15) is 44.1 Å². The summed E-state index contributed by atoms with van der Waals surface area (Å²) in [5.41, 5.74) is 6.04. The monoisotopic (exact) mass is 286 g/mol. The molecule has 0 aromatic heterocycles. The molecule has 2 nitrogen and oxygen atoms in total. The number of alkyl halides is 3. The van der Waals surface area contributed by atoms with Gasteiger partial charge in [-0.05, 0) is 31.0 Å². The minimum Gasteiger partial charge on any atom is -0.397 e. The summed E-state index contributed by atoms with van der Waals surface area (Å²) >= 11 is 0. The van der Waals surface area contributed by atoms with Gasteiger partial charge in [0.1, 0.15) is 0 Å². The summed E-state index contributed by atoms with van der Waals surface area (Å²) in [5.74, 6) is 0. The molecule has 0 bridgehead atoms. The van der Waals surface area contributed by atoms with Crippen molar-refractivity contribution in [2.75, 3.05) is 17.7 Å². The Hall–Kier alpha value is -1.39. The van der Waals surface area contributed by atoms with Crippen molar-refractivity contribution in [1.29, 1.82) is 0 Å². The Morgan fingerprint density at radius 2 is 1.70 bits per heavy atom. The molecule has 2 rings (SSSR count). The molecule has 1 fully saturated rings. The highest BCUT2D eigenvalue weighted by Gasteiger charge is 2.31. The highest BCUT2D eigenvalue weighted by Crippen LogP contribution is 2.35. The third-order valence-electron chi connectivity index (χ3n) is 4.11. The van der Waals surface area contributed by atoms with Gasteiger partial charge in [-0.1, -0.05) is 25.7 Å². The van der Waals surface area contributed by atoms with E-state index in [0.29, 0.717) is 11.7 Å². The van der Waals surface area contributed by atoms with Crippen molar-refractivity contribution in [2.45, 2.75) is 50.7 Å². The van der Waals surface area contributed by atoms with Gasteiger partial charge in [0.2, 0.25) is 0 Å². The van der Waals surface area contributed by atoms with Crippen molar-refractivity contribution in [3.63, 3.8) is 0 Å². The van der Waals surface area contributed by atoms with E-state index in [4.69, 9.17) is 5.73 Å². The standard InChI is InChI=1S/C15H21F3N2/c1-20(12-6-4-2-3-5-7-12)14-9-8-11(10-13(14)19)15(16,17)18/h8-10,12H,2-7,19H2,1H3. The molecule has 0 heterocycles. The second kappa shape index (κ2) is 5.94. The van der Waals surface area contributed by atoms with E-state index in [1.165, 1.54) is 31.7 Å². The zero-order chi connectivity index (χ0) is 14.8. The fourth-order valence-electron chi connectivity index (χ4n) is 2.89. The zero-order valence-corrected chi connectivity index (χ0v) is 11.7. The molecule has 1 aromatic carbocycles. The lowest BCUT2D eigenvalue weighted by atomic mass is 10.1. The number of nitrogen functional groups attached to an aromatic ring is 1. The summed E-state index contributed by atoms with van der Waals surface area (Å²) in [7, 11) is 1.93. The molecule has 5 heteroatoms. The van der Waals surface area contributed by atoms with Crippen LogP contribution in [0.5, 0.6) is 0 Å². The Kier molecular flexibility index (Phi) is 4.45. The lowest BCUT2D eigenvalue weighted by Gasteiger charge is -2.30. The van der Waals surface area contributed by atoms with E-state index in [1.807, 2.05) is 11.9 Å². The molecule has 20 heavy (non-hydrogen) atoms. The molecule has 0 aliphatic heterocycles. The predicted octanol–water partition coefficient (Wildman–Crippen LogP) is 4.45. The summed E-state index contributed by atoms with van der Waals surface area (Å²) in [6.07, 6.45) is 2.66. The molecule has 1 aliphatic rings. The molecule has 1 aliphatic carbocycles. The van der Waals surface area contributed by atoms with E-state index >= 15 is 0 Å². The van der Waals surface area contributed by atoms with E-state index < -0.39 is 11.7 Å². The zero-order valence-electron chi connectivity index (χ0n) is 11.7. The molecule has 0 atom stereocenters. The molecular weight excluding hydrogens is 265 g/mol. The van der Waals surface area contributed by atoms with Gasteiger partial charge >= 0.3 is 6.18 Å². The molecule has 2 N–H and O–H groups in total. The lowest BCUT2D eigenvalue weighted by Crippen LogP contribution is -2.31. The van der Waals surface area contributed by atoms with Crippen LogP contribution in [0.4, 0.5) is 24.5 Å². The third-order valence-corrected chi connectivity index (χ3v) is 4.11. The Balaban J connectivity index is 2.19. The average molecular weight is 286 g/mol. The molecule has 0 saturated heterocycles. The maximum absolute atomic E-state index is 12.6. The number of hydrogen-bond donors (Lipinski definition) is 1. The SMILES string of the molecule is CN(c1ccc(C(F)(F)F)cc1N)C1CCCCCC1. The van der Waals surface area contributed by atoms with Gasteiger partial charge in [-0.3, -0.25) is 0 Å². The van der Waals surface area contributed by atoms with Crippen molar-refractivity contribution in [3.8, 4) is 0 Å². The van der Waals surface area contributed by atoms with Gasteiger partial charge in [0, 0.05) is 13.1 Å². The molecule has 0 spiro atoms. The number of anilines is 2. The lowest BCUT2D eigenvalue weighted by molar-refractivity contribution is -0.137. The van der Waals surface area contributed by atoms with Crippen LogP contribution in [0.15, 0.2) is 18.2 Å². The summed E-state index contributed by atoms with van der Waals surface area (Å²) in [4.78, 5) is 2.04. The van der Waals surface area contributed by atoms with Crippen LogP contribution in [0, 0.1) is 0 Å². The van der Waals surface area contributed by atoms with Crippen molar-refractivity contribution in [2.24, 2.45) is 0 Å². The van der Waals surface area contributed by atoms with Crippen molar-refractivity contribution >= 4 is 11.4 Å². The number of nitrogens with two attached hydrogens (primary N) is 1. The van der Waals surface area contributed by atoms with Gasteiger partial charge in [-0.15, -0.1) is 0 Å². The third kappa shape index (κ3) is 3.38. The van der Waals surface area contributed by atoms with Crippen LogP contribution in [-0.2, 0) is 6.18 Å². The molecule has 112 valence electrons. The van der Waals surface area contributed by atoms with E-state index in [-0.39, 0.29) is 5.69 Å². The largest absolute Gasteiger partial charge is 0.416 e. The average Bonchev–Trinajstić information content (AvgIpc) is 2.65. The summed E-state index contributed by atoms with van der Waals surface area (Å²) in [5, 5.41) is 0. The van der Waals surface area contributed by atoms with Crippen LogP contribution in [0.25, 0.3) is 0 Å². The Bertz CT molecular complexity index is 449. The van der Waals surface area contributed by atoms with Gasteiger partial charge in [0.15, 0.2) is 0 Å².